The van der Waals surface area contributed by atoms with Gasteiger partial charge in [-0.1, -0.05) is 23.2 Å². The highest BCUT2D eigenvalue weighted by Gasteiger charge is 2.22. The number of carbonyl (C=O) groups excluding carboxylic acids is 3. The van der Waals surface area contributed by atoms with E-state index in [0.29, 0.717) is 15.7 Å². The topological polar surface area (TPSA) is 106 Å². The number of aryl methyl sites for hydroxylation is 1. The van der Waals surface area contributed by atoms with Gasteiger partial charge < -0.3 is 14.6 Å². The highest BCUT2D eigenvalue weighted by Crippen LogP contribution is 2.28. The molecule has 2 N–H and O–H groups in total. The van der Waals surface area contributed by atoms with E-state index >= 15 is 0 Å². The highest BCUT2D eigenvalue weighted by molar-refractivity contribution is 9.10. The highest BCUT2D eigenvalue weighted by atomic mass is 79.9. The summed E-state index contributed by atoms with van der Waals surface area (Å²) < 4.78 is 6.78. The zero-order chi connectivity index (χ0) is 24.3. The molecule has 33 heavy (non-hydrogen) atoms. The van der Waals surface area contributed by atoms with Crippen LogP contribution in [0.2, 0.25) is 10.2 Å². The van der Waals surface area contributed by atoms with Crippen LogP contribution >= 0.6 is 39.1 Å². The molecule has 2 aromatic heterocycles. The Morgan fingerprint density at radius 2 is 1.91 bits per heavy atom. The van der Waals surface area contributed by atoms with Crippen molar-refractivity contribution in [3.63, 3.8) is 0 Å². The van der Waals surface area contributed by atoms with Crippen molar-refractivity contribution < 1.29 is 19.1 Å². The molecule has 12 heteroatoms. The van der Waals surface area contributed by atoms with Crippen molar-refractivity contribution >= 4 is 62.7 Å². The minimum Gasteiger partial charge on any atom is -0.452 e. The largest absolute Gasteiger partial charge is 0.452 e. The Kier molecular flexibility index (Phi) is 7.62. The summed E-state index contributed by atoms with van der Waals surface area (Å²) in [5, 5.41) is 4.13. The fourth-order valence-corrected chi connectivity index (χ4v) is 3.93. The SMILES string of the molecule is COC(=O)N(C)NC(=O)c1cc(Cl)cc(C)c1NC(=O)c1cc(Br)cn1-c1cccnc1Cl. The normalized spacial score (nSPS) is 10.5. The van der Waals surface area contributed by atoms with Gasteiger partial charge in [0.1, 0.15) is 5.69 Å². The number of nitrogens with one attached hydrogen (secondary N) is 2. The molecule has 0 spiro atoms. The summed E-state index contributed by atoms with van der Waals surface area (Å²) in [6, 6.07) is 8.01. The maximum absolute atomic E-state index is 13.3. The summed E-state index contributed by atoms with van der Waals surface area (Å²) in [6.07, 6.45) is 2.44. The molecule has 0 aliphatic heterocycles. The van der Waals surface area contributed by atoms with Gasteiger partial charge in [0.25, 0.3) is 11.8 Å². The van der Waals surface area contributed by atoms with E-state index in [-0.39, 0.29) is 27.1 Å². The molecule has 0 bridgehead atoms. The Morgan fingerprint density at radius 1 is 1.18 bits per heavy atom. The van der Waals surface area contributed by atoms with Crippen LogP contribution in [0.5, 0.6) is 0 Å². The molecule has 2 heterocycles. The number of methoxy groups -OCH3 is 1. The minimum atomic E-state index is -0.774. The molecule has 0 aliphatic rings. The molecule has 0 atom stereocenters. The first-order valence-electron chi connectivity index (χ1n) is 9.35. The number of carbonyl (C=O) groups is 3. The van der Waals surface area contributed by atoms with Gasteiger partial charge in [0.2, 0.25) is 0 Å². The number of nitrogens with zero attached hydrogens (tertiary/aromatic N) is 3. The van der Waals surface area contributed by atoms with Gasteiger partial charge in [-0.15, -0.1) is 0 Å². The van der Waals surface area contributed by atoms with Crippen LogP contribution in [-0.4, -0.2) is 46.6 Å². The third-order valence-electron chi connectivity index (χ3n) is 4.52. The van der Waals surface area contributed by atoms with E-state index < -0.39 is 17.9 Å². The van der Waals surface area contributed by atoms with Gasteiger partial charge in [0.15, 0.2) is 5.15 Å². The summed E-state index contributed by atoms with van der Waals surface area (Å²) in [5.74, 6) is -1.18. The zero-order valence-electron chi connectivity index (χ0n) is 17.6. The van der Waals surface area contributed by atoms with E-state index in [0.717, 1.165) is 5.01 Å². The summed E-state index contributed by atoms with van der Waals surface area (Å²) >= 11 is 15.7. The summed E-state index contributed by atoms with van der Waals surface area (Å²) in [4.78, 5) is 41.8. The summed E-state index contributed by atoms with van der Waals surface area (Å²) in [7, 11) is 2.50. The van der Waals surface area contributed by atoms with Gasteiger partial charge in [-0.2, -0.15) is 0 Å². The van der Waals surface area contributed by atoms with Gasteiger partial charge in [-0.3, -0.25) is 15.0 Å². The van der Waals surface area contributed by atoms with E-state index in [1.165, 1.54) is 26.4 Å². The average Bonchev–Trinajstić information content (AvgIpc) is 3.16. The molecule has 1 aromatic carbocycles. The summed E-state index contributed by atoms with van der Waals surface area (Å²) in [5.41, 5.74) is 3.94. The molecular formula is C21H18BrCl2N5O4. The average molecular weight is 555 g/mol. The standard InChI is InChI=1S/C21H18BrCl2N5O4/c1-11-7-13(23)9-14(19(30)27-28(2)21(32)33-3)17(11)26-20(31)16-8-12(22)10-29(16)15-5-4-6-25-18(15)24/h4-10H,1-3H3,(H,26,31)(H,27,30). The zero-order valence-corrected chi connectivity index (χ0v) is 20.7. The molecule has 0 aliphatic carbocycles. The van der Waals surface area contributed by atoms with Crippen LogP contribution in [0.4, 0.5) is 10.5 Å². The van der Waals surface area contributed by atoms with Gasteiger partial charge in [-0.25, -0.2) is 14.8 Å². The Morgan fingerprint density at radius 3 is 2.58 bits per heavy atom. The number of rotatable bonds is 4. The third-order valence-corrected chi connectivity index (χ3v) is 5.46. The molecule has 172 valence electrons. The number of anilines is 1. The first-order chi connectivity index (χ1) is 15.6. The number of hydrogen-bond donors (Lipinski definition) is 2. The Bertz CT molecular complexity index is 1250. The van der Waals surface area contributed by atoms with Crippen LogP contribution < -0.4 is 10.7 Å². The molecule has 3 rings (SSSR count). The van der Waals surface area contributed by atoms with Gasteiger partial charge in [-0.05, 0) is 58.7 Å². The fourth-order valence-electron chi connectivity index (χ4n) is 3.02. The number of pyridine rings is 1. The minimum absolute atomic E-state index is 0.0562. The van der Waals surface area contributed by atoms with E-state index in [9.17, 15) is 14.4 Å². The number of aromatic nitrogens is 2. The van der Waals surface area contributed by atoms with Crippen molar-refractivity contribution in [3.05, 3.63) is 74.2 Å². The Hall–Kier alpha value is -3.08. The lowest BCUT2D eigenvalue weighted by Crippen LogP contribution is -2.43. The van der Waals surface area contributed by atoms with Crippen LogP contribution in [0.1, 0.15) is 26.4 Å². The van der Waals surface area contributed by atoms with Gasteiger partial charge in [0, 0.05) is 28.9 Å². The van der Waals surface area contributed by atoms with Crippen molar-refractivity contribution in [2.75, 3.05) is 19.5 Å². The van der Waals surface area contributed by atoms with E-state index in [1.807, 2.05) is 0 Å². The lowest BCUT2D eigenvalue weighted by atomic mass is 10.1. The van der Waals surface area contributed by atoms with Crippen LogP contribution in [0.15, 0.2) is 47.2 Å². The number of amides is 3. The number of halogens is 3. The van der Waals surface area contributed by atoms with Crippen LogP contribution in [0.3, 0.4) is 0 Å². The molecule has 3 amide bonds. The third kappa shape index (κ3) is 5.47. The molecule has 0 saturated heterocycles. The Balaban J connectivity index is 1.98. The fraction of sp³-hybridized carbons (Fsp3) is 0.143. The lowest BCUT2D eigenvalue weighted by Gasteiger charge is -2.19. The molecule has 0 fully saturated rings. The second-order valence-corrected chi connectivity index (χ2v) is 8.51. The lowest BCUT2D eigenvalue weighted by molar-refractivity contribution is 0.0767. The monoisotopic (exact) mass is 553 g/mol. The molecule has 3 aromatic rings. The predicted octanol–water partition coefficient (Wildman–Crippen LogP) is 4.85. The van der Waals surface area contributed by atoms with E-state index in [2.05, 4.69) is 36.4 Å². The van der Waals surface area contributed by atoms with Gasteiger partial charge >= 0.3 is 6.09 Å². The number of hydrogen-bond acceptors (Lipinski definition) is 5. The quantitative estimate of drug-likeness (QED) is 0.354. The molecule has 0 saturated carbocycles. The van der Waals surface area contributed by atoms with Crippen LogP contribution in [0, 0.1) is 6.92 Å². The Labute approximate surface area is 207 Å². The van der Waals surface area contributed by atoms with E-state index in [4.69, 9.17) is 23.2 Å². The van der Waals surface area contributed by atoms with Crippen LogP contribution in [0.25, 0.3) is 5.69 Å². The van der Waals surface area contributed by atoms with Crippen molar-refractivity contribution in [2.24, 2.45) is 0 Å². The number of benzene rings is 1. The number of ether oxygens (including phenoxy) is 1. The maximum atomic E-state index is 13.3. The van der Waals surface area contributed by atoms with Gasteiger partial charge in [0.05, 0.1) is 24.0 Å². The second-order valence-electron chi connectivity index (χ2n) is 6.80. The first kappa shape index (κ1) is 24.6. The molecule has 0 radical (unpaired) electrons. The van der Waals surface area contributed by atoms with Crippen molar-refractivity contribution in [1.29, 1.82) is 0 Å². The predicted molar refractivity (Wildman–Crippen MR) is 128 cm³/mol. The smallest absolute Gasteiger partial charge is 0.428 e. The molecule has 0 unspecified atom stereocenters. The molecular weight excluding hydrogens is 537 g/mol. The van der Waals surface area contributed by atoms with Crippen molar-refractivity contribution in [1.82, 2.24) is 20.0 Å². The van der Waals surface area contributed by atoms with Crippen LogP contribution in [-0.2, 0) is 4.74 Å². The second kappa shape index (κ2) is 10.2. The number of hydrazine groups is 1. The maximum Gasteiger partial charge on any atom is 0.428 e. The first-order valence-corrected chi connectivity index (χ1v) is 10.9. The summed E-state index contributed by atoms with van der Waals surface area (Å²) in [6.45, 7) is 1.69. The van der Waals surface area contributed by atoms with Crippen molar-refractivity contribution in [2.45, 2.75) is 6.92 Å². The van der Waals surface area contributed by atoms with Crippen molar-refractivity contribution in [3.8, 4) is 5.69 Å². The van der Waals surface area contributed by atoms with E-state index in [1.54, 1.807) is 42.0 Å². The molecule has 9 nitrogen and oxygen atoms in total.